The summed E-state index contributed by atoms with van der Waals surface area (Å²) in [5.41, 5.74) is -1.13. The normalized spacial score (nSPS) is 16.4. The number of nitrogens with one attached hydrogen (secondary N) is 1. The molecule has 0 aliphatic heterocycles. The molecule has 0 spiro atoms. The molecular formula is C11H21NO6S. The zero-order valence-corrected chi connectivity index (χ0v) is 12.4. The van der Waals surface area contributed by atoms with Crippen LogP contribution in [0.3, 0.4) is 0 Å². The third-order valence-corrected chi connectivity index (χ3v) is 3.96. The van der Waals surface area contributed by atoms with Crippen molar-refractivity contribution in [1.29, 1.82) is 0 Å². The average Bonchev–Trinajstić information content (AvgIpc) is 2.31. The smallest absolute Gasteiger partial charge is 0.326 e. The van der Waals surface area contributed by atoms with Gasteiger partial charge in [-0.2, -0.15) is 0 Å². The Morgan fingerprint density at radius 3 is 2.26 bits per heavy atom. The summed E-state index contributed by atoms with van der Waals surface area (Å²) >= 11 is 0. The van der Waals surface area contributed by atoms with Gasteiger partial charge >= 0.3 is 5.97 Å². The predicted molar refractivity (Wildman–Crippen MR) is 69.6 cm³/mol. The lowest BCUT2D eigenvalue weighted by molar-refractivity contribution is -0.148. The molecule has 0 saturated heterocycles. The van der Waals surface area contributed by atoms with Gasteiger partial charge in [-0.1, -0.05) is 6.92 Å². The van der Waals surface area contributed by atoms with E-state index in [0.29, 0.717) is 6.42 Å². The maximum Gasteiger partial charge on any atom is 0.326 e. The Balaban J connectivity index is 4.77. The molecule has 2 unspecified atom stereocenters. The summed E-state index contributed by atoms with van der Waals surface area (Å²) in [7, 11) is -1.92. The van der Waals surface area contributed by atoms with E-state index in [0.717, 1.165) is 6.26 Å². The van der Waals surface area contributed by atoms with Crippen LogP contribution in [0.2, 0.25) is 0 Å². The number of ether oxygens (including phenoxy) is 1. The average molecular weight is 295 g/mol. The van der Waals surface area contributed by atoms with Gasteiger partial charge in [-0.25, -0.2) is 13.2 Å². The van der Waals surface area contributed by atoms with Crippen LogP contribution in [0.5, 0.6) is 0 Å². The number of amides is 1. The summed E-state index contributed by atoms with van der Waals surface area (Å²) in [6.45, 7) is 3.27. The lowest BCUT2D eigenvalue weighted by atomic mass is 10.0. The summed E-state index contributed by atoms with van der Waals surface area (Å²) in [5.74, 6) is -2.15. The molecule has 7 nitrogen and oxygen atoms in total. The molecule has 0 aromatic carbocycles. The molecular weight excluding hydrogens is 274 g/mol. The second-order valence-electron chi connectivity index (χ2n) is 4.57. The van der Waals surface area contributed by atoms with Gasteiger partial charge in [0.05, 0.1) is 5.75 Å². The van der Waals surface area contributed by atoms with Gasteiger partial charge in [0.2, 0.25) is 0 Å². The van der Waals surface area contributed by atoms with Gasteiger partial charge in [-0.3, -0.25) is 4.79 Å². The molecule has 0 radical (unpaired) electrons. The van der Waals surface area contributed by atoms with Crippen molar-refractivity contribution >= 4 is 21.7 Å². The quantitative estimate of drug-likeness (QED) is 0.642. The van der Waals surface area contributed by atoms with Crippen LogP contribution < -0.4 is 5.32 Å². The molecule has 0 aliphatic rings. The highest BCUT2D eigenvalue weighted by Gasteiger charge is 2.34. The molecule has 2 N–H and O–H groups in total. The summed E-state index contributed by atoms with van der Waals surface area (Å²) in [5, 5.41) is 11.3. The third-order valence-electron chi connectivity index (χ3n) is 2.99. The van der Waals surface area contributed by atoms with Crippen molar-refractivity contribution in [2.24, 2.45) is 0 Å². The Bertz CT molecular complexity index is 426. The summed E-state index contributed by atoms with van der Waals surface area (Å²) in [6.07, 6.45) is 1.20. The second-order valence-corrected chi connectivity index (χ2v) is 6.83. The van der Waals surface area contributed by atoms with Gasteiger partial charge in [0, 0.05) is 13.4 Å². The van der Waals surface area contributed by atoms with Gasteiger partial charge in [0.25, 0.3) is 5.91 Å². The molecule has 2 atom stereocenters. The highest BCUT2D eigenvalue weighted by atomic mass is 32.2. The summed E-state index contributed by atoms with van der Waals surface area (Å²) in [4.78, 5) is 22.9. The second kappa shape index (κ2) is 6.85. The minimum Gasteiger partial charge on any atom is -0.480 e. The molecule has 0 saturated carbocycles. The van der Waals surface area contributed by atoms with E-state index in [1.54, 1.807) is 6.92 Å². The molecule has 19 heavy (non-hydrogen) atoms. The van der Waals surface area contributed by atoms with E-state index in [-0.39, 0.29) is 12.2 Å². The van der Waals surface area contributed by atoms with E-state index in [1.807, 2.05) is 0 Å². The van der Waals surface area contributed by atoms with Crippen LogP contribution in [0.25, 0.3) is 0 Å². The lowest BCUT2D eigenvalue weighted by Gasteiger charge is -2.27. The topological polar surface area (TPSA) is 110 Å². The van der Waals surface area contributed by atoms with Gasteiger partial charge in [-0.05, 0) is 19.8 Å². The van der Waals surface area contributed by atoms with E-state index in [2.05, 4.69) is 5.32 Å². The van der Waals surface area contributed by atoms with Crippen LogP contribution in [0.15, 0.2) is 0 Å². The number of methoxy groups -OCH3 is 1. The van der Waals surface area contributed by atoms with Crippen molar-refractivity contribution in [3.05, 3.63) is 0 Å². The number of sulfone groups is 1. The Kier molecular flexibility index (Phi) is 6.44. The predicted octanol–water partition coefficient (Wildman–Crippen LogP) is -0.194. The Morgan fingerprint density at radius 2 is 1.95 bits per heavy atom. The molecule has 0 aromatic heterocycles. The van der Waals surface area contributed by atoms with Gasteiger partial charge < -0.3 is 15.2 Å². The Labute approximate surface area is 113 Å². The number of carboxylic acid groups (broad SMARTS) is 1. The van der Waals surface area contributed by atoms with E-state index < -0.39 is 33.4 Å². The van der Waals surface area contributed by atoms with Crippen molar-refractivity contribution < 1.29 is 27.9 Å². The van der Waals surface area contributed by atoms with Crippen LogP contribution in [-0.2, 0) is 24.2 Å². The molecule has 0 heterocycles. The van der Waals surface area contributed by atoms with Crippen LogP contribution in [0.1, 0.15) is 26.7 Å². The van der Waals surface area contributed by atoms with Crippen molar-refractivity contribution in [2.75, 3.05) is 19.1 Å². The van der Waals surface area contributed by atoms with Crippen molar-refractivity contribution in [2.45, 2.75) is 38.3 Å². The lowest BCUT2D eigenvalue weighted by Crippen LogP contribution is -2.52. The van der Waals surface area contributed by atoms with Crippen molar-refractivity contribution in [3.8, 4) is 0 Å². The van der Waals surface area contributed by atoms with Crippen LogP contribution in [-0.4, -0.2) is 56.2 Å². The Hall–Kier alpha value is -1.15. The number of hydrogen-bond acceptors (Lipinski definition) is 5. The SMILES string of the molecule is CCC(C)(OC)C(=O)NC(CCS(C)(=O)=O)C(=O)O. The highest BCUT2D eigenvalue weighted by molar-refractivity contribution is 7.90. The van der Waals surface area contributed by atoms with E-state index in [1.165, 1.54) is 14.0 Å². The van der Waals surface area contributed by atoms with E-state index in [4.69, 9.17) is 9.84 Å². The largest absolute Gasteiger partial charge is 0.480 e. The number of aliphatic carboxylic acids is 1. The van der Waals surface area contributed by atoms with E-state index >= 15 is 0 Å². The molecule has 8 heteroatoms. The fourth-order valence-electron chi connectivity index (χ4n) is 1.30. The molecule has 0 aromatic rings. The number of rotatable bonds is 8. The molecule has 0 bridgehead atoms. The maximum absolute atomic E-state index is 11.9. The van der Waals surface area contributed by atoms with Crippen LogP contribution >= 0.6 is 0 Å². The fraction of sp³-hybridized carbons (Fsp3) is 0.818. The molecule has 0 rings (SSSR count). The number of carbonyl (C=O) groups is 2. The number of carbonyl (C=O) groups excluding carboxylic acids is 1. The highest BCUT2D eigenvalue weighted by Crippen LogP contribution is 2.14. The molecule has 0 aliphatic carbocycles. The van der Waals surface area contributed by atoms with Crippen LogP contribution in [0.4, 0.5) is 0 Å². The van der Waals surface area contributed by atoms with Crippen molar-refractivity contribution in [1.82, 2.24) is 5.32 Å². The van der Waals surface area contributed by atoms with Gasteiger partial charge in [-0.15, -0.1) is 0 Å². The molecule has 112 valence electrons. The first-order chi connectivity index (χ1) is 8.55. The van der Waals surface area contributed by atoms with Gasteiger partial charge in [0.15, 0.2) is 0 Å². The van der Waals surface area contributed by atoms with E-state index in [9.17, 15) is 18.0 Å². The minimum absolute atomic E-state index is 0.177. The minimum atomic E-state index is -3.28. The zero-order valence-electron chi connectivity index (χ0n) is 11.6. The first-order valence-corrected chi connectivity index (χ1v) is 7.88. The molecule has 0 fully saturated rings. The first-order valence-electron chi connectivity index (χ1n) is 5.82. The van der Waals surface area contributed by atoms with Crippen molar-refractivity contribution in [3.63, 3.8) is 0 Å². The monoisotopic (exact) mass is 295 g/mol. The first kappa shape index (κ1) is 17.8. The fourth-order valence-corrected chi connectivity index (χ4v) is 1.96. The van der Waals surface area contributed by atoms with Crippen LogP contribution in [0, 0.1) is 0 Å². The zero-order chi connectivity index (χ0) is 15.3. The summed E-state index contributed by atoms with van der Waals surface area (Å²) < 4.78 is 27.1. The standard InChI is InChI=1S/C11H21NO6S/c1-5-11(2,18-3)10(15)12-8(9(13)14)6-7-19(4,16)17/h8H,5-7H2,1-4H3,(H,12,15)(H,13,14). The Morgan fingerprint density at radius 1 is 1.42 bits per heavy atom. The summed E-state index contributed by atoms with van der Waals surface area (Å²) in [6, 6.07) is -1.25. The molecule has 1 amide bonds. The number of carboxylic acids is 1. The van der Waals surface area contributed by atoms with Gasteiger partial charge in [0.1, 0.15) is 21.5 Å². The third kappa shape index (κ3) is 6.02. The maximum atomic E-state index is 11.9. The number of hydrogen-bond donors (Lipinski definition) is 2.